The Morgan fingerprint density at radius 1 is 1.19 bits per heavy atom. The van der Waals surface area contributed by atoms with Crippen molar-refractivity contribution in [3.8, 4) is 17.6 Å². The monoisotopic (exact) mass is 602 g/mol. The molecule has 0 aromatic heterocycles. The zero-order chi connectivity index (χ0) is 23.1. The molecule has 0 aliphatic heterocycles. The number of hydrogen-bond acceptors (Lipinski definition) is 4. The smallest absolute Gasteiger partial charge is 0.266 e. The molecule has 0 aliphatic rings. The summed E-state index contributed by atoms with van der Waals surface area (Å²) < 4.78 is 13.1. The fourth-order valence-electron chi connectivity index (χ4n) is 2.88. The van der Waals surface area contributed by atoms with E-state index in [1.54, 1.807) is 25.3 Å². The second kappa shape index (κ2) is 11.2. The van der Waals surface area contributed by atoms with Crippen molar-refractivity contribution in [2.24, 2.45) is 0 Å². The number of nitrogens with zero attached hydrogens (tertiary/aromatic N) is 1. The number of anilines is 1. The molecule has 0 spiro atoms. The van der Waals surface area contributed by atoms with Gasteiger partial charge in [-0.25, -0.2) is 0 Å². The van der Waals surface area contributed by atoms with Gasteiger partial charge in [0.25, 0.3) is 5.91 Å². The minimum atomic E-state index is -0.482. The van der Waals surface area contributed by atoms with E-state index in [0.29, 0.717) is 33.8 Å². The van der Waals surface area contributed by atoms with Gasteiger partial charge in [-0.15, -0.1) is 0 Å². The molecule has 3 aromatic rings. The van der Waals surface area contributed by atoms with Crippen LogP contribution in [0.1, 0.15) is 16.7 Å². The van der Waals surface area contributed by atoms with Crippen LogP contribution in [0.5, 0.6) is 11.5 Å². The molecule has 0 atom stereocenters. The summed E-state index contributed by atoms with van der Waals surface area (Å²) in [5, 5.41) is 12.3. The second-order valence-corrected chi connectivity index (χ2v) is 9.04. The van der Waals surface area contributed by atoms with E-state index in [2.05, 4.69) is 43.8 Å². The Hall–Kier alpha value is -2.83. The predicted octanol–water partition coefficient (Wildman–Crippen LogP) is 6.50. The number of ether oxygens (including phenoxy) is 2. The minimum absolute atomic E-state index is 0.0221. The number of amides is 1. The maximum atomic E-state index is 12.6. The number of carbonyl (C=O) groups is 1. The molecule has 7 heteroatoms. The van der Waals surface area contributed by atoms with Crippen LogP contribution >= 0.6 is 38.5 Å². The van der Waals surface area contributed by atoms with Crippen LogP contribution in [0.4, 0.5) is 5.69 Å². The Labute approximate surface area is 209 Å². The van der Waals surface area contributed by atoms with Crippen molar-refractivity contribution < 1.29 is 14.3 Å². The third kappa shape index (κ3) is 6.34. The van der Waals surface area contributed by atoms with E-state index in [4.69, 9.17) is 9.47 Å². The third-order valence-electron chi connectivity index (χ3n) is 4.51. The molecule has 3 rings (SSSR count). The molecule has 5 nitrogen and oxygen atoms in total. The van der Waals surface area contributed by atoms with Gasteiger partial charge in [-0.05, 0) is 93.0 Å². The highest BCUT2D eigenvalue weighted by molar-refractivity contribution is 14.1. The van der Waals surface area contributed by atoms with E-state index in [-0.39, 0.29) is 5.57 Å². The van der Waals surface area contributed by atoms with E-state index in [1.807, 2.05) is 55.5 Å². The van der Waals surface area contributed by atoms with Gasteiger partial charge in [-0.3, -0.25) is 4.79 Å². The van der Waals surface area contributed by atoms with Gasteiger partial charge in [0.2, 0.25) is 0 Å². The fraction of sp³-hybridized carbons (Fsp3) is 0.120. The lowest BCUT2D eigenvalue weighted by Gasteiger charge is -2.14. The van der Waals surface area contributed by atoms with E-state index in [0.717, 1.165) is 9.13 Å². The van der Waals surface area contributed by atoms with Crippen LogP contribution in [0.2, 0.25) is 0 Å². The second-order valence-electron chi connectivity index (χ2n) is 6.94. The van der Waals surface area contributed by atoms with E-state index < -0.39 is 5.91 Å². The quantitative estimate of drug-likeness (QED) is 0.190. The Morgan fingerprint density at radius 2 is 1.94 bits per heavy atom. The number of halogens is 2. The predicted molar refractivity (Wildman–Crippen MR) is 138 cm³/mol. The minimum Gasteiger partial charge on any atom is -0.493 e. The summed E-state index contributed by atoms with van der Waals surface area (Å²) in [6.07, 6.45) is 1.51. The Morgan fingerprint density at radius 3 is 2.59 bits per heavy atom. The zero-order valence-electron chi connectivity index (χ0n) is 17.5. The number of carbonyl (C=O) groups excluding carboxylic acids is 1. The van der Waals surface area contributed by atoms with Gasteiger partial charge < -0.3 is 14.8 Å². The number of benzene rings is 3. The van der Waals surface area contributed by atoms with Gasteiger partial charge in [-0.1, -0.05) is 35.9 Å². The lowest BCUT2D eigenvalue weighted by Crippen LogP contribution is -2.13. The third-order valence-corrected chi connectivity index (χ3v) is 5.77. The summed E-state index contributed by atoms with van der Waals surface area (Å²) in [5.41, 5.74) is 3.45. The molecule has 0 saturated carbocycles. The highest BCUT2D eigenvalue weighted by Crippen LogP contribution is 2.37. The highest BCUT2D eigenvalue weighted by atomic mass is 127. The van der Waals surface area contributed by atoms with Gasteiger partial charge in [0.1, 0.15) is 18.2 Å². The fourth-order valence-corrected chi connectivity index (χ4v) is 4.00. The van der Waals surface area contributed by atoms with Crippen LogP contribution < -0.4 is 14.8 Å². The molecule has 0 unspecified atom stereocenters. The van der Waals surface area contributed by atoms with Crippen LogP contribution in [-0.4, -0.2) is 13.0 Å². The molecule has 0 bridgehead atoms. The molecular formula is C25H20BrIN2O3. The molecule has 0 radical (unpaired) electrons. The summed E-state index contributed by atoms with van der Waals surface area (Å²) in [4.78, 5) is 12.6. The maximum Gasteiger partial charge on any atom is 0.266 e. The molecule has 3 aromatic carbocycles. The number of rotatable bonds is 7. The first-order valence-corrected chi connectivity index (χ1v) is 11.5. The van der Waals surface area contributed by atoms with E-state index in [1.165, 1.54) is 11.6 Å². The molecular weight excluding hydrogens is 583 g/mol. The topological polar surface area (TPSA) is 71.3 Å². The molecule has 0 saturated heterocycles. The first-order chi connectivity index (χ1) is 15.4. The van der Waals surface area contributed by atoms with Crippen molar-refractivity contribution in [2.45, 2.75) is 13.5 Å². The Balaban J connectivity index is 1.81. The van der Waals surface area contributed by atoms with Gasteiger partial charge in [0.15, 0.2) is 11.5 Å². The van der Waals surface area contributed by atoms with Crippen LogP contribution in [0.25, 0.3) is 6.08 Å². The van der Waals surface area contributed by atoms with Crippen molar-refractivity contribution in [3.63, 3.8) is 0 Å². The number of methoxy groups -OCH3 is 1. The average molecular weight is 603 g/mol. The molecule has 162 valence electrons. The lowest BCUT2D eigenvalue weighted by atomic mass is 10.1. The van der Waals surface area contributed by atoms with Crippen molar-refractivity contribution >= 4 is 56.2 Å². The van der Waals surface area contributed by atoms with Crippen molar-refractivity contribution in [1.29, 1.82) is 5.26 Å². The van der Waals surface area contributed by atoms with Gasteiger partial charge >= 0.3 is 0 Å². The molecule has 1 N–H and O–H groups in total. The van der Waals surface area contributed by atoms with Gasteiger partial charge in [-0.2, -0.15) is 5.26 Å². The molecule has 0 heterocycles. The summed E-state index contributed by atoms with van der Waals surface area (Å²) in [7, 11) is 1.54. The number of hydrogen-bond donors (Lipinski definition) is 1. The normalized spacial score (nSPS) is 10.9. The molecule has 1 amide bonds. The van der Waals surface area contributed by atoms with Crippen LogP contribution in [0.15, 0.2) is 70.7 Å². The first kappa shape index (κ1) is 23.8. The SMILES string of the molecule is COc1cc(/C=C(\C#N)C(=O)Nc2cccc(I)c2)cc(Br)c1OCc1ccc(C)cc1. The Bertz CT molecular complexity index is 1200. The van der Waals surface area contributed by atoms with Gasteiger partial charge in [0.05, 0.1) is 11.6 Å². The summed E-state index contributed by atoms with van der Waals surface area (Å²) in [6, 6.07) is 20.9. The summed E-state index contributed by atoms with van der Waals surface area (Å²) in [5.74, 6) is 0.560. The van der Waals surface area contributed by atoms with E-state index >= 15 is 0 Å². The maximum absolute atomic E-state index is 12.6. The number of aryl methyl sites for hydroxylation is 1. The molecule has 0 fully saturated rings. The molecule has 0 aliphatic carbocycles. The van der Waals surface area contributed by atoms with Crippen molar-refractivity contribution in [1.82, 2.24) is 0 Å². The summed E-state index contributed by atoms with van der Waals surface area (Å²) >= 11 is 5.68. The van der Waals surface area contributed by atoms with Gasteiger partial charge in [0, 0.05) is 9.26 Å². The highest BCUT2D eigenvalue weighted by Gasteiger charge is 2.14. The lowest BCUT2D eigenvalue weighted by molar-refractivity contribution is -0.112. The standard InChI is InChI=1S/C25H20BrIN2O3/c1-16-6-8-17(9-7-16)15-32-24-22(26)11-18(12-23(24)31-2)10-19(14-28)25(30)29-21-5-3-4-20(27)13-21/h3-13H,15H2,1-2H3,(H,29,30)/b19-10+. The number of nitrogens with one attached hydrogen (secondary N) is 1. The average Bonchev–Trinajstić information content (AvgIpc) is 2.77. The van der Waals surface area contributed by atoms with Crippen LogP contribution in [-0.2, 0) is 11.4 Å². The number of nitriles is 1. The van der Waals surface area contributed by atoms with Crippen molar-refractivity contribution in [3.05, 3.63) is 91.0 Å². The van der Waals surface area contributed by atoms with Crippen molar-refractivity contribution in [2.75, 3.05) is 12.4 Å². The van der Waals surface area contributed by atoms with Crippen LogP contribution in [0, 0.1) is 21.8 Å². The largest absolute Gasteiger partial charge is 0.493 e. The molecule has 32 heavy (non-hydrogen) atoms. The van der Waals surface area contributed by atoms with E-state index in [9.17, 15) is 10.1 Å². The van der Waals surface area contributed by atoms with Crippen LogP contribution in [0.3, 0.4) is 0 Å². The Kier molecular flexibility index (Phi) is 8.31. The summed E-state index contributed by atoms with van der Waals surface area (Å²) in [6.45, 7) is 2.42. The first-order valence-electron chi connectivity index (χ1n) is 9.64. The zero-order valence-corrected chi connectivity index (χ0v) is 21.2.